The molecule has 2 rings (SSSR count). The highest BCUT2D eigenvalue weighted by Crippen LogP contribution is 2.15. The van der Waals surface area contributed by atoms with Crippen LogP contribution < -0.4 is 10.6 Å². The van der Waals surface area contributed by atoms with E-state index in [0.717, 1.165) is 24.7 Å². The average molecular weight is 206 g/mol. The van der Waals surface area contributed by atoms with Crippen molar-refractivity contribution in [3.63, 3.8) is 0 Å². The summed E-state index contributed by atoms with van der Waals surface area (Å²) in [6.07, 6.45) is 1.20. The summed E-state index contributed by atoms with van der Waals surface area (Å²) in [5.74, 6) is 1.05. The summed E-state index contributed by atoms with van der Waals surface area (Å²) < 4.78 is 0. The molecule has 0 aromatic carbocycles. The van der Waals surface area contributed by atoms with Crippen LogP contribution >= 0.6 is 0 Å². The molecule has 4 nitrogen and oxygen atoms in total. The lowest BCUT2D eigenvalue weighted by Gasteiger charge is -2.34. The molecule has 1 fully saturated rings. The highest BCUT2D eigenvalue weighted by atomic mass is 15.3. The van der Waals surface area contributed by atoms with Gasteiger partial charge in [0.15, 0.2) is 0 Å². The molecular weight excluding hydrogens is 188 g/mol. The summed E-state index contributed by atoms with van der Waals surface area (Å²) in [4.78, 5) is 9.12. The maximum absolute atomic E-state index is 5.58. The standard InChI is InChI=1S/C11H18N4/c1-14-6-3-7-15(9-14)11-5-2-4-10(8-12)13-11/h2,4-5H,3,6-9,12H2,1H3. The number of nitrogens with zero attached hydrogens (tertiary/aromatic N) is 3. The van der Waals surface area contributed by atoms with Crippen molar-refractivity contribution in [2.24, 2.45) is 5.73 Å². The van der Waals surface area contributed by atoms with Gasteiger partial charge in [-0.25, -0.2) is 4.98 Å². The molecule has 1 saturated heterocycles. The first-order chi connectivity index (χ1) is 7.29. The Hall–Kier alpha value is -1.13. The first kappa shape index (κ1) is 10.4. The number of rotatable bonds is 2. The Morgan fingerprint density at radius 2 is 2.27 bits per heavy atom. The van der Waals surface area contributed by atoms with Gasteiger partial charge >= 0.3 is 0 Å². The second kappa shape index (κ2) is 4.59. The number of nitrogens with two attached hydrogens (primary N) is 1. The Balaban J connectivity index is 2.13. The monoisotopic (exact) mass is 206 g/mol. The highest BCUT2D eigenvalue weighted by molar-refractivity contribution is 5.39. The van der Waals surface area contributed by atoms with Crippen LogP contribution in [-0.2, 0) is 6.54 Å². The van der Waals surface area contributed by atoms with E-state index in [4.69, 9.17) is 5.73 Å². The zero-order valence-electron chi connectivity index (χ0n) is 9.19. The third-order valence-electron chi connectivity index (χ3n) is 2.71. The molecule has 0 spiro atoms. The van der Waals surface area contributed by atoms with E-state index in [1.165, 1.54) is 13.0 Å². The molecule has 0 radical (unpaired) electrons. The van der Waals surface area contributed by atoms with Crippen LogP contribution in [0.1, 0.15) is 12.1 Å². The van der Waals surface area contributed by atoms with E-state index >= 15 is 0 Å². The van der Waals surface area contributed by atoms with E-state index in [9.17, 15) is 0 Å². The first-order valence-electron chi connectivity index (χ1n) is 5.39. The average Bonchev–Trinajstić information content (AvgIpc) is 2.29. The summed E-state index contributed by atoms with van der Waals surface area (Å²) in [7, 11) is 2.14. The van der Waals surface area contributed by atoms with E-state index in [1.807, 2.05) is 12.1 Å². The van der Waals surface area contributed by atoms with Crippen molar-refractivity contribution in [2.45, 2.75) is 13.0 Å². The van der Waals surface area contributed by atoms with Gasteiger partial charge in [-0.05, 0) is 25.6 Å². The summed E-state index contributed by atoms with van der Waals surface area (Å²) in [6, 6.07) is 6.05. The molecule has 4 heteroatoms. The molecule has 1 aliphatic rings. The fourth-order valence-corrected chi connectivity index (χ4v) is 1.91. The van der Waals surface area contributed by atoms with E-state index < -0.39 is 0 Å². The van der Waals surface area contributed by atoms with Crippen molar-refractivity contribution in [2.75, 3.05) is 31.7 Å². The van der Waals surface area contributed by atoms with Gasteiger partial charge in [0.25, 0.3) is 0 Å². The normalized spacial score (nSPS) is 18.1. The van der Waals surface area contributed by atoms with Crippen LogP contribution in [0, 0.1) is 0 Å². The van der Waals surface area contributed by atoms with Gasteiger partial charge in [0.05, 0.1) is 12.4 Å². The van der Waals surface area contributed by atoms with E-state index in [-0.39, 0.29) is 0 Å². The lowest BCUT2D eigenvalue weighted by molar-refractivity contribution is 0.291. The van der Waals surface area contributed by atoms with Crippen LogP contribution in [0.3, 0.4) is 0 Å². The Kier molecular flexibility index (Phi) is 3.18. The lowest BCUT2D eigenvalue weighted by atomic mass is 10.3. The molecular formula is C11H18N4. The van der Waals surface area contributed by atoms with Gasteiger partial charge in [0.1, 0.15) is 5.82 Å². The first-order valence-corrected chi connectivity index (χ1v) is 5.39. The third kappa shape index (κ3) is 2.46. The summed E-state index contributed by atoms with van der Waals surface area (Å²) in [5.41, 5.74) is 6.54. The van der Waals surface area contributed by atoms with Gasteiger partial charge in [-0.15, -0.1) is 0 Å². The molecule has 2 heterocycles. The molecule has 0 atom stereocenters. The van der Waals surface area contributed by atoms with Crippen molar-refractivity contribution in [1.29, 1.82) is 0 Å². The van der Waals surface area contributed by atoms with Gasteiger partial charge in [0, 0.05) is 19.6 Å². The minimum absolute atomic E-state index is 0.511. The molecule has 2 N–H and O–H groups in total. The second-order valence-electron chi connectivity index (χ2n) is 4.03. The topological polar surface area (TPSA) is 45.4 Å². The van der Waals surface area contributed by atoms with Crippen LogP contribution in [0.15, 0.2) is 18.2 Å². The Morgan fingerprint density at radius 1 is 1.40 bits per heavy atom. The number of hydrogen-bond acceptors (Lipinski definition) is 4. The van der Waals surface area contributed by atoms with Gasteiger partial charge in [-0.3, -0.25) is 4.90 Å². The fourth-order valence-electron chi connectivity index (χ4n) is 1.91. The molecule has 0 saturated carbocycles. The van der Waals surface area contributed by atoms with Gasteiger partial charge in [0.2, 0.25) is 0 Å². The zero-order valence-corrected chi connectivity index (χ0v) is 9.19. The van der Waals surface area contributed by atoms with Crippen molar-refractivity contribution in [3.05, 3.63) is 23.9 Å². The molecule has 82 valence electrons. The van der Waals surface area contributed by atoms with E-state index in [2.05, 4.69) is 27.9 Å². The quantitative estimate of drug-likeness (QED) is 0.771. The molecule has 0 amide bonds. The van der Waals surface area contributed by atoms with E-state index in [1.54, 1.807) is 0 Å². The maximum Gasteiger partial charge on any atom is 0.129 e. The largest absolute Gasteiger partial charge is 0.344 e. The number of pyridine rings is 1. The molecule has 0 bridgehead atoms. The fraction of sp³-hybridized carbons (Fsp3) is 0.545. The Morgan fingerprint density at radius 3 is 3.00 bits per heavy atom. The lowest BCUT2D eigenvalue weighted by Crippen LogP contribution is -2.43. The highest BCUT2D eigenvalue weighted by Gasteiger charge is 2.15. The van der Waals surface area contributed by atoms with Gasteiger partial charge in [-0.1, -0.05) is 6.07 Å². The zero-order chi connectivity index (χ0) is 10.7. The summed E-state index contributed by atoms with van der Waals surface area (Å²) in [5, 5.41) is 0. The Labute approximate surface area is 90.7 Å². The second-order valence-corrected chi connectivity index (χ2v) is 4.03. The molecule has 15 heavy (non-hydrogen) atoms. The summed E-state index contributed by atoms with van der Waals surface area (Å²) >= 11 is 0. The smallest absolute Gasteiger partial charge is 0.129 e. The SMILES string of the molecule is CN1CCCN(c2cccc(CN)n2)C1. The molecule has 1 aromatic rings. The van der Waals surface area contributed by atoms with Gasteiger partial charge < -0.3 is 10.6 Å². The third-order valence-corrected chi connectivity index (χ3v) is 2.71. The maximum atomic E-state index is 5.58. The predicted octanol–water partition coefficient (Wildman–Crippen LogP) is 0.640. The van der Waals surface area contributed by atoms with Crippen LogP contribution in [0.5, 0.6) is 0 Å². The van der Waals surface area contributed by atoms with Crippen molar-refractivity contribution < 1.29 is 0 Å². The predicted molar refractivity (Wildman–Crippen MR) is 61.6 cm³/mol. The Bertz CT molecular complexity index is 326. The number of aromatic nitrogens is 1. The minimum atomic E-state index is 0.511. The van der Waals surface area contributed by atoms with Crippen molar-refractivity contribution in [3.8, 4) is 0 Å². The van der Waals surface area contributed by atoms with E-state index in [0.29, 0.717) is 6.54 Å². The molecule has 0 unspecified atom stereocenters. The summed E-state index contributed by atoms with van der Waals surface area (Å²) in [6.45, 7) is 3.73. The van der Waals surface area contributed by atoms with Crippen LogP contribution in [0.25, 0.3) is 0 Å². The van der Waals surface area contributed by atoms with Crippen LogP contribution in [0.4, 0.5) is 5.82 Å². The molecule has 0 aliphatic carbocycles. The van der Waals surface area contributed by atoms with Crippen LogP contribution in [-0.4, -0.2) is 36.7 Å². The van der Waals surface area contributed by atoms with Crippen molar-refractivity contribution >= 4 is 5.82 Å². The van der Waals surface area contributed by atoms with Crippen LogP contribution in [0.2, 0.25) is 0 Å². The van der Waals surface area contributed by atoms with Crippen molar-refractivity contribution in [1.82, 2.24) is 9.88 Å². The number of hydrogen-bond donors (Lipinski definition) is 1. The molecule has 1 aliphatic heterocycles. The van der Waals surface area contributed by atoms with Gasteiger partial charge in [-0.2, -0.15) is 0 Å². The molecule has 1 aromatic heterocycles. The minimum Gasteiger partial charge on any atom is -0.344 e. The number of anilines is 1.